The molecule has 3 heterocycles. The summed E-state index contributed by atoms with van der Waals surface area (Å²) < 4.78 is 10.4. The van der Waals surface area contributed by atoms with E-state index in [1.807, 2.05) is 47.4 Å². The first-order valence-electron chi connectivity index (χ1n) is 14.8. The van der Waals surface area contributed by atoms with Crippen LogP contribution in [0.15, 0.2) is 97.5 Å². The van der Waals surface area contributed by atoms with Crippen LogP contribution in [0.25, 0.3) is 44.4 Å². The molecule has 0 unspecified atom stereocenters. The van der Waals surface area contributed by atoms with Crippen molar-refractivity contribution in [3.63, 3.8) is 0 Å². The van der Waals surface area contributed by atoms with Gasteiger partial charge in [0.15, 0.2) is 0 Å². The van der Waals surface area contributed by atoms with Crippen LogP contribution >= 0.6 is 0 Å². The van der Waals surface area contributed by atoms with Gasteiger partial charge in [-0.15, -0.1) is 35.7 Å². The molecule has 0 bridgehead atoms. The van der Waals surface area contributed by atoms with Gasteiger partial charge >= 0.3 is 21.1 Å². The van der Waals surface area contributed by atoms with Crippen LogP contribution in [-0.2, 0) is 33.9 Å². The second-order valence-electron chi connectivity index (χ2n) is 11.0. The minimum Gasteiger partial charge on any atom is -0.509 e. The number of benzene rings is 4. The molecule has 0 saturated heterocycles. The Balaban J connectivity index is 0.00000343. The number of para-hydroxylation sites is 1. The Hall–Kier alpha value is -4.47. The van der Waals surface area contributed by atoms with E-state index in [1.165, 1.54) is 22.3 Å². The molecule has 0 spiro atoms. The molecular formula is C38H32N4OPt. The number of aryl methyl sites for hydroxylation is 4. The third-order valence-corrected chi connectivity index (χ3v) is 7.99. The second-order valence-corrected chi connectivity index (χ2v) is 11.0. The van der Waals surface area contributed by atoms with E-state index in [2.05, 4.69) is 104 Å². The van der Waals surface area contributed by atoms with Gasteiger partial charge in [0.1, 0.15) is 5.82 Å². The number of hydrogen-bond donors (Lipinski definition) is 0. The fourth-order valence-electron chi connectivity index (χ4n) is 6.02. The number of fused-ring (bicyclic) bond motifs is 3. The third-order valence-electron chi connectivity index (χ3n) is 7.99. The second kappa shape index (κ2) is 12.3. The molecule has 0 saturated carbocycles. The molecule has 0 atom stereocenters. The molecule has 0 amide bonds. The maximum absolute atomic E-state index is 6.35. The van der Waals surface area contributed by atoms with Crippen LogP contribution < -0.4 is 4.74 Å². The zero-order chi connectivity index (χ0) is 29.5. The molecule has 6 heteroatoms. The predicted molar refractivity (Wildman–Crippen MR) is 174 cm³/mol. The molecule has 4 aromatic carbocycles. The largest absolute Gasteiger partial charge is 2.00 e. The number of pyridine rings is 1. The normalized spacial score (nSPS) is 11.2. The summed E-state index contributed by atoms with van der Waals surface area (Å²) >= 11 is 0. The first kappa shape index (κ1) is 29.6. The molecule has 0 aliphatic rings. The molecule has 0 fully saturated rings. The van der Waals surface area contributed by atoms with Crippen LogP contribution in [-0.4, -0.2) is 19.3 Å². The predicted octanol–water partition coefficient (Wildman–Crippen LogP) is 9.16. The Morgan fingerprint density at radius 1 is 0.773 bits per heavy atom. The van der Waals surface area contributed by atoms with Crippen LogP contribution in [0.5, 0.6) is 11.5 Å². The van der Waals surface area contributed by atoms with E-state index in [4.69, 9.17) is 9.84 Å². The fourth-order valence-corrected chi connectivity index (χ4v) is 6.02. The monoisotopic (exact) mass is 755 g/mol. The van der Waals surface area contributed by atoms with Crippen molar-refractivity contribution in [2.75, 3.05) is 0 Å². The van der Waals surface area contributed by atoms with E-state index in [0.717, 1.165) is 57.3 Å². The van der Waals surface area contributed by atoms with Gasteiger partial charge in [0.2, 0.25) is 0 Å². The van der Waals surface area contributed by atoms with Crippen LogP contribution in [0.2, 0.25) is 0 Å². The van der Waals surface area contributed by atoms with Crippen molar-refractivity contribution in [1.29, 1.82) is 0 Å². The van der Waals surface area contributed by atoms with E-state index < -0.39 is 0 Å². The average molecular weight is 756 g/mol. The summed E-state index contributed by atoms with van der Waals surface area (Å²) in [6.07, 6.45) is 7.83. The van der Waals surface area contributed by atoms with Gasteiger partial charge in [0.05, 0.1) is 6.20 Å². The quantitative estimate of drug-likeness (QED) is 0.153. The SMILES string of the molecule is CCc1cc(C)cc(CC)c1-c1cnn(-c2[c-]c(Oc3[c-]c4c(cc3)c3ccccc3n4-c3cc(C)ccn3)ccc2)c1.[Pt+2]. The van der Waals surface area contributed by atoms with Crippen LogP contribution in [0.1, 0.15) is 36.1 Å². The first-order valence-corrected chi connectivity index (χ1v) is 14.8. The summed E-state index contributed by atoms with van der Waals surface area (Å²) in [6.45, 7) is 8.67. The molecule has 0 aliphatic heterocycles. The first-order chi connectivity index (χ1) is 21.0. The Morgan fingerprint density at radius 3 is 2.32 bits per heavy atom. The Morgan fingerprint density at radius 2 is 1.55 bits per heavy atom. The van der Waals surface area contributed by atoms with Gasteiger partial charge in [0.25, 0.3) is 0 Å². The van der Waals surface area contributed by atoms with Crippen LogP contribution in [0.4, 0.5) is 0 Å². The number of ether oxygens (including phenoxy) is 1. The van der Waals surface area contributed by atoms with E-state index >= 15 is 0 Å². The van der Waals surface area contributed by atoms with Gasteiger partial charge in [-0.25, -0.2) is 4.98 Å². The van der Waals surface area contributed by atoms with Gasteiger partial charge in [-0.05, 0) is 78.2 Å². The summed E-state index contributed by atoms with van der Waals surface area (Å²) in [5.41, 5.74) is 10.4. The fraction of sp³-hybridized carbons (Fsp3) is 0.158. The maximum Gasteiger partial charge on any atom is 2.00 e. The zero-order valence-electron chi connectivity index (χ0n) is 25.2. The summed E-state index contributed by atoms with van der Waals surface area (Å²) in [6, 6.07) is 33.9. The van der Waals surface area contributed by atoms with E-state index in [-0.39, 0.29) is 21.1 Å². The van der Waals surface area contributed by atoms with E-state index in [0.29, 0.717) is 11.5 Å². The standard InChI is InChI=1S/C38H32N4O.Pt/c1-5-27-18-26(4)19-28(6-2)38(27)29-23-40-41(24-29)30-10-9-11-31(21-30)43-32-14-15-34-33-12-7-8-13-35(33)42(36(34)22-32)37-20-25(3)16-17-39-37;/h7-20,23-24H,5-6H2,1-4H3;/q-2;+2. The molecule has 0 N–H and O–H groups in total. The maximum atomic E-state index is 6.35. The number of aromatic nitrogens is 4. The molecule has 7 rings (SSSR count). The zero-order valence-corrected chi connectivity index (χ0v) is 27.4. The van der Waals surface area contributed by atoms with Crippen molar-refractivity contribution in [2.45, 2.75) is 40.5 Å². The summed E-state index contributed by atoms with van der Waals surface area (Å²) in [5.74, 6) is 2.06. The molecule has 220 valence electrons. The smallest absolute Gasteiger partial charge is 0.509 e. The molecule has 5 nitrogen and oxygen atoms in total. The van der Waals surface area contributed by atoms with Crippen molar-refractivity contribution >= 4 is 21.8 Å². The molecular weight excluding hydrogens is 724 g/mol. The Bertz CT molecular complexity index is 2100. The van der Waals surface area contributed by atoms with Crippen molar-refractivity contribution in [3.05, 3.63) is 132 Å². The van der Waals surface area contributed by atoms with Crippen LogP contribution in [0.3, 0.4) is 0 Å². The number of nitrogens with zero attached hydrogens (tertiary/aromatic N) is 4. The molecule has 7 aromatic rings. The summed E-state index contributed by atoms with van der Waals surface area (Å²) in [5, 5.41) is 6.96. The topological polar surface area (TPSA) is 44.9 Å². The van der Waals surface area contributed by atoms with Crippen molar-refractivity contribution in [1.82, 2.24) is 19.3 Å². The molecule has 0 radical (unpaired) electrons. The number of rotatable bonds is 7. The van der Waals surface area contributed by atoms with Gasteiger partial charge in [-0.2, -0.15) is 17.2 Å². The van der Waals surface area contributed by atoms with E-state index in [1.54, 1.807) is 0 Å². The number of hydrogen-bond acceptors (Lipinski definition) is 3. The van der Waals surface area contributed by atoms with E-state index in [9.17, 15) is 0 Å². The molecule has 44 heavy (non-hydrogen) atoms. The van der Waals surface area contributed by atoms with Gasteiger partial charge in [-0.3, -0.25) is 4.68 Å². The Kier molecular flexibility index (Phi) is 8.25. The minimum atomic E-state index is 0. The third kappa shape index (κ3) is 5.37. The van der Waals surface area contributed by atoms with Gasteiger partial charge in [0, 0.05) is 35.0 Å². The minimum absolute atomic E-state index is 0. The molecule has 0 aliphatic carbocycles. The summed E-state index contributed by atoms with van der Waals surface area (Å²) in [7, 11) is 0. The molecule has 3 aromatic heterocycles. The van der Waals surface area contributed by atoms with Crippen molar-refractivity contribution in [2.24, 2.45) is 0 Å². The van der Waals surface area contributed by atoms with Gasteiger partial charge in [-0.1, -0.05) is 55.3 Å². The Labute approximate surface area is 272 Å². The van der Waals surface area contributed by atoms with Crippen molar-refractivity contribution < 1.29 is 25.8 Å². The average Bonchev–Trinajstić information content (AvgIpc) is 3.64. The van der Waals surface area contributed by atoms with Crippen molar-refractivity contribution in [3.8, 4) is 34.1 Å². The van der Waals surface area contributed by atoms with Crippen LogP contribution in [0, 0.1) is 26.0 Å². The van der Waals surface area contributed by atoms with Gasteiger partial charge < -0.3 is 9.30 Å². The summed E-state index contributed by atoms with van der Waals surface area (Å²) in [4.78, 5) is 4.68.